The summed E-state index contributed by atoms with van der Waals surface area (Å²) in [6, 6.07) is -0.242. The Morgan fingerprint density at radius 2 is 1.70 bits per heavy atom. The molecule has 0 saturated carbocycles. The maximum absolute atomic E-state index is 11.4. The van der Waals surface area contributed by atoms with Crippen LogP contribution in [0.15, 0.2) is 0 Å². The van der Waals surface area contributed by atoms with Crippen molar-refractivity contribution in [2.45, 2.75) is 45.8 Å². The van der Waals surface area contributed by atoms with Crippen LogP contribution in [0.5, 0.6) is 0 Å². The minimum atomic E-state index is -5.08. The molecule has 0 radical (unpaired) electrons. The highest BCUT2D eigenvalue weighted by atomic mass is 19.4. The highest BCUT2D eigenvalue weighted by Crippen LogP contribution is 2.15. The molecule has 0 unspecified atom stereocenters. The number of esters is 2. The highest BCUT2D eigenvalue weighted by Gasteiger charge is 2.38. The number of carbonyl (C=O) groups is 3. The van der Waals surface area contributed by atoms with Gasteiger partial charge in [-0.2, -0.15) is 13.2 Å². The Bertz CT molecular complexity index is 424. The van der Waals surface area contributed by atoms with Gasteiger partial charge in [-0.3, -0.25) is 9.59 Å². The van der Waals surface area contributed by atoms with Crippen molar-refractivity contribution in [2.24, 2.45) is 5.41 Å². The van der Waals surface area contributed by atoms with E-state index >= 15 is 0 Å². The Balaban J connectivity index is 0.000000585. The Hall–Kier alpha value is -1.84. The number of rotatable bonds is 3. The monoisotopic (exact) mass is 343 g/mol. The first-order valence-corrected chi connectivity index (χ1v) is 6.73. The van der Waals surface area contributed by atoms with Gasteiger partial charge in [0.2, 0.25) is 6.79 Å². The third kappa shape index (κ3) is 9.01. The third-order valence-electron chi connectivity index (χ3n) is 2.59. The molecule has 0 aromatic heterocycles. The summed E-state index contributed by atoms with van der Waals surface area (Å²) in [5.74, 6) is -3.48. The molecule has 0 aromatic rings. The van der Waals surface area contributed by atoms with Gasteiger partial charge in [0, 0.05) is 0 Å². The van der Waals surface area contributed by atoms with Gasteiger partial charge in [0.1, 0.15) is 6.04 Å². The van der Waals surface area contributed by atoms with E-state index in [4.69, 9.17) is 19.4 Å². The molecule has 1 aliphatic rings. The van der Waals surface area contributed by atoms with Gasteiger partial charge in [-0.25, -0.2) is 4.79 Å². The predicted molar refractivity (Wildman–Crippen MR) is 71.2 cm³/mol. The standard InChI is InChI=1S/C11H19NO4.C2HF3O2/c1-11(2,3)10(14)16-7-15-9(13)8-5-4-6-12-8;3-2(4,5)1(6)7/h8,12H,4-7H2,1-3H3;(H,6,7)/t8-;/m0./s1. The van der Waals surface area contributed by atoms with E-state index in [2.05, 4.69) is 5.32 Å². The number of nitrogens with one attached hydrogen (secondary N) is 1. The SMILES string of the molecule is CC(C)(C)C(=O)OCOC(=O)[C@@H]1CCCN1.O=C(O)C(F)(F)F. The first kappa shape index (κ1) is 21.2. The molecule has 0 aromatic carbocycles. The number of hydrogen-bond acceptors (Lipinski definition) is 6. The Morgan fingerprint density at radius 3 is 2.04 bits per heavy atom. The van der Waals surface area contributed by atoms with E-state index in [0.29, 0.717) is 0 Å². The molecule has 0 bridgehead atoms. The zero-order valence-corrected chi connectivity index (χ0v) is 13.0. The molecule has 1 saturated heterocycles. The minimum absolute atomic E-state index is 0.242. The van der Waals surface area contributed by atoms with Crippen LogP contribution >= 0.6 is 0 Å². The second kappa shape index (κ2) is 8.70. The largest absolute Gasteiger partial charge is 0.490 e. The van der Waals surface area contributed by atoms with E-state index in [0.717, 1.165) is 19.4 Å². The number of alkyl halides is 3. The molecular weight excluding hydrogens is 323 g/mol. The number of carboxylic acids is 1. The van der Waals surface area contributed by atoms with E-state index < -0.39 is 17.6 Å². The molecule has 1 aliphatic heterocycles. The van der Waals surface area contributed by atoms with E-state index in [-0.39, 0.29) is 24.8 Å². The smallest absolute Gasteiger partial charge is 0.475 e. The van der Waals surface area contributed by atoms with Crippen LogP contribution in [0.2, 0.25) is 0 Å². The summed E-state index contributed by atoms with van der Waals surface area (Å²) < 4.78 is 41.4. The van der Waals surface area contributed by atoms with Gasteiger partial charge in [0.15, 0.2) is 0 Å². The van der Waals surface area contributed by atoms with Crippen LogP contribution in [0.25, 0.3) is 0 Å². The molecule has 1 atom stereocenters. The second-order valence-electron chi connectivity index (χ2n) is 5.71. The maximum Gasteiger partial charge on any atom is 0.490 e. The summed E-state index contributed by atoms with van der Waals surface area (Å²) in [5, 5.41) is 10.1. The summed E-state index contributed by atoms with van der Waals surface area (Å²) in [6.07, 6.45) is -3.33. The van der Waals surface area contributed by atoms with Gasteiger partial charge < -0.3 is 19.9 Å². The molecule has 0 aliphatic carbocycles. The van der Waals surface area contributed by atoms with Crippen LogP contribution in [0, 0.1) is 5.41 Å². The summed E-state index contributed by atoms with van der Waals surface area (Å²) in [4.78, 5) is 31.6. The molecule has 1 heterocycles. The summed E-state index contributed by atoms with van der Waals surface area (Å²) in [5.41, 5.74) is -0.571. The molecule has 0 amide bonds. The highest BCUT2D eigenvalue weighted by molar-refractivity contribution is 5.77. The van der Waals surface area contributed by atoms with E-state index in [1.807, 2.05) is 0 Å². The van der Waals surface area contributed by atoms with Crippen LogP contribution in [0.4, 0.5) is 13.2 Å². The zero-order valence-electron chi connectivity index (χ0n) is 13.0. The maximum atomic E-state index is 11.4. The molecule has 23 heavy (non-hydrogen) atoms. The Labute approximate surface area is 131 Å². The average molecular weight is 343 g/mol. The van der Waals surface area contributed by atoms with E-state index in [1.165, 1.54) is 0 Å². The Morgan fingerprint density at radius 1 is 1.17 bits per heavy atom. The van der Waals surface area contributed by atoms with Crippen molar-refractivity contribution in [2.75, 3.05) is 13.3 Å². The summed E-state index contributed by atoms with van der Waals surface area (Å²) in [6.45, 7) is 5.77. The van der Waals surface area contributed by atoms with Crippen molar-refractivity contribution in [3.63, 3.8) is 0 Å². The molecule has 10 heteroatoms. The molecule has 1 fully saturated rings. The lowest BCUT2D eigenvalue weighted by molar-refractivity contribution is -0.192. The average Bonchev–Trinajstić information content (AvgIpc) is 2.90. The number of halogens is 3. The van der Waals surface area contributed by atoms with Crippen LogP contribution < -0.4 is 5.32 Å². The van der Waals surface area contributed by atoms with Gasteiger partial charge in [-0.05, 0) is 40.2 Å². The first-order valence-electron chi connectivity index (χ1n) is 6.73. The normalized spacial score (nSPS) is 17.7. The topological polar surface area (TPSA) is 102 Å². The van der Waals surface area contributed by atoms with Gasteiger partial charge >= 0.3 is 24.1 Å². The fourth-order valence-corrected chi connectivity index (χ4v) is 1.34. The quantitative estimate of drug-likeness (QED) is 0.591. The minimum Gasteiger partial charge on any atom is -0.475 e. The third-order valence-corrected chi connectivity index (χ3v) is 2.59. The lowest BCUT2D eigenvalue weighted by Gasteiger charge is -2.17. The number of ether oxygens (including phenoxy) is 2. The van der Waals surface area contributed by atoms with Crippen LogP contribution in [-0.2, 0) is 23.9 Å². The number of carbonyl (C=O) groups excluding carboxylic acids is 2. The van der Waals surface area contributed by atoms with Crippen molar-refractivity contribution >= 4 is 17.9 Å². The lowest BCUT2D eigenvalue weighted by Crippen LogP contribution is -2.33. The molecule has 2 N–H and O–H groups in total. The van der Waals surface area contributed by atoms with Gasteiger partial charge in [0.25, 0.3) is 0 Å². The van der Waals surface area contributed by atoms with Gasteiger partial charge in [-0.15, -0.1) is 0 Å². The predicted octanol–water partition coefficient (Wildman–Crippen LogP) is 1.46. The summed E-state index contributed by atoms with van der Waals surface area (Å²) >= 11 is 0. The van der Waals surface area contributed by atoms with Crippen LogP contribution in [0.1, 0.15) is 33.6 Å². The van der Waals surface area contributed by atoms with Crippen molar-refractivity contribution in [1.82, 2.24) is 5.32 Å². The number of carboxylic acid groups (broad SMARTS) is 1. The lowest BCUT2D eigenvalue weighted by atomic mass is 9.98. The molecule has 7 nitrogen and oxygen atoms in total. The second-order valence-corrected chi connectivity index (χ2v) is 5.71. The molecular formula is C13H20F3NO6. The van der Waals surface area contributed by atoms with Crippen LogP contribution in [-0.4, -0.2) is 48.6 Å². The van der Waals surface area contributed by atoms with Crippen molar-refractivity contribution in [1.29, 1.82) is 0 Å². The van der Waals surface area contributed by atoms with Crippen molar-refractivity contribution in [3.05, 3.63) is 0 Å². The van der Waals surface area contributed by atoms with Crippen molar-refractivity contribution < 1.29 is 42.1 Å². The number of aliphatic carboxylic acids is 1. The molecule has 134 valence electrons. The molecule has 0 spiro atoms. The van der Waals surface area contributed by atoms with Crippen LogP contribution in [0.3, 0.4) is 0 Å². The summed E-state index contributed by atoms with van der Waals surface area (Å²) in [7, 11) is 0. The van der Waals surface area contributed by atoms with E-state index in [9.17, 15) is 22.8 Å². The van der Waals surface area contributed by atoms with E-state index in [1.54, 1.807) is 20.8 Å². The Kier molecular flexibility index (Phi) is 8.01. The van der Waals surface area contributed by atoms with Gasteiger partial charge in [-0.1, -0.05) is 0 Å². The van der Waals surface area contributed by atoms with Gasteiger partial charge in [0.05, 0.1) is 5.41 Å². The molecule has 1 rings (SSSR count). The fraction of sp³-hybridized carbons (Fsp3) is 0.769. The van der Waals surface area contributed by atoms with Crippen molar-refractivity contribution in [3.8, 4) is 0 Å². The fourth-order valence-electron chi connectivity index (χ4n) is 1.34. The zero-order chi connectivity index (χ0) is 18.3. The number of hydrogen-bond donors (Lipinski definition) is 2. The first-order chi connectivity index (χ1) is 10.4.